The molecular formula is C22H21N3O2. The van der Waals surface area contributed by atoms with Gasteiger partial charge in [0.05, 0.1) is 17.6 Å². The smallest absolute Gasteiger partial charge is 0.253 e. The van der Waals surface area contributed by atoms with Gasteiger partial charge in [0.15, 0.2) is 0 Å². The Hall–Kier alpha value is -3.52. The molecule has 3 aromatic rings. The van der Waals surface area contributed by atoms with Gasteiger partial charge in [0.2, 0.25) is 0 Å². The fourth-order valence-electron chi connectivity index (χ4n) is 2.75. The first-order chi connectivity index (χ1) is 13.2. The minimum atomic E-state index is -0.101. The van der Waals surface area contributed by atoms with Crippen LogP contribution in [0.4, 0.5) is 0 Å². The quantitative estimate of drug-likeness (QED) is 0.659. The lowest BCUT2D eigenvalue weighted by atomic mass is 10.1. The summed E-state index contributed by atoms with van der Waals surface area (Å²) in [4.78, 5) is 16.8. The minimum Gasteiger partial charge on any atom is -0.481 e. The Labute approximate surface area is 159 Å². The first-order valence-electron chi connectivity index (χ1n) is 8.70. The van der Waals surface area contributed by atoms with Crippen LogP contribution in [-0.4, -0.2) is 28.6 Å². The number of carbonyl (C=O) groups excluding carboxylic acids is 1. The number of nitrogens with one attached hydrogen (secondary N) is 1. The molecule has 5 nitrogen and oxygen atoms in total. The summed E-state index contributed by atoms with van der Waals surface area (Å²) in [5, 5.41) is 3.00. The first kappa shape index (κ1) is 18.3. The number of nitrogens with zero attached hydrogens (tertiary/aromatic N) is 2. The van der Waals surface area contributed by atoms with Crippen molar-refractivity contribution >= 4 is 5.91 Å². The van der Waals surface area contributed by atoms with E-state index in [2.05, 4.69) is 16.2 Å². The maximum absolute atomic E-state index is 12.7. The number of benzene rings is 2. The van der Waals surface area contributed by atoms with E-state index in [1.165, 1.54) is 0 Å². The number of rotatable bonds is 7. The highest BCUT2D eigenvalue weighted by atomic mass is 16.5. The van der Waals surface area contributed by atoms with Gasteiger partial charge in [0, 0.05) is 18.9 Å². The summed E-state index contributed by atoms with van der Waals surface area (Å²) in [6.07, 6.45) is 11.1. The Morgan fingerprint density at radius 2 is 2.07 bits per heavy atom. The Morgan fingerprint density at radius 3 is 2.78 bits per heavy atom. The van der Waals surface area contributed by atoms with E-state index in [1.54, 1.807) is 12.5 Å². The SMILES string of the molecule is C#CCOc1ccc(CCNC(=O)c2cc(C)ccc2-n2ccnc2)cc1. The van der Waals surface area contributed by atoms with Crippen molar-refractivity contribution in [2.45, 2.75) is 13.3 Å². The zero-order valence-corrected chi connectivity index (χ0v) is 15.2. The summed E-state index contributed by atoms with van der Waals surface area (Å²) >= 11 is 0. The molecule has 0 radical (unpaired) electrons. The van der Waals surface area contributed by atoms with Crippen LogP contribution in [0.1, 0.15) is 21.5 Å². The van der Waals surface area contributed by atoms with E-state index in [-0.39, 0.29) is 12.5 Å². The third-order valence-electron chi connectivity index (χ3n) is 4.12. The van der Waals surface area contributed by atoms with Crippen molar-refractivity contribution in [3.8, 4) is 23.8 Å². The lowest BCUT2D eigenvalue weighted by molar-refractivity contribution is 0.0954. The van der Waals surface area contributed by atoms with Crippen molar-refractivity contribution in [2.75, 3.05) is 13.2 Å². The number of hydrogen-bond acceptors (Lipinski definition) is 3. The van der Waals surface area contributed by atoms with Gasteiger partial charge in [-0.1, -0.05) is 29.7 Å². The highest BCUT2D eigenvalue weighted by molar-refractivity contribution is 5.98. The molecule has 2 aromatic carbocycles. The van der Waals surface area contributed by atoms with Crippen LogP contribution >= 0.6 is 0 Å². The van der Waals surface area contributed by atoms with Gasteiger partial charge >= 0.3 is 0 Å². The predicted molar refractivity (Wildman–Crippen MR) is 105 cm³/mol. The van der Waals surface area contributed by atoms with Crippen LogP contribution in [0.5, 0.6) is 5.75 Å². The van der Waals surface area contributed by atoms with Crippen molar-refractivity contribution in [1.29, 1.82) is 0 Å². The minimum absolute atomic E-state index is 0.101. The van der Waals surface area contributed by atoms with Crippen LogP contribution in [0.15, 0.2) is 61.2 Å². The van der Waals surface area contributed by atoms with E-state index in [9.17, 15) is 4.79 Å². The summed E-state index contributed by atoms with van der Waals surface area (Å²) in [7, 11) is 0. The molecule has 0 bridgehead atoms. The standard InChI is InChI=1S/C22H21N3O2/c1-3-14-27-19-7-5-18(6-8-19)10-11-24-22(26)20-15-17(2)4-9-21(20)25-13-12-23-16-25/h1,4-9,12-13,15-16H,10-11,14H2,2H3,(H,24,26). The van der Waals surface area contributed by atoms with Crippen LogP contribution in [0.2, 0.25) is 0 Å². The van der Waals surface area contributed by atoms with Crippen LogP contribution < -0.4 is 10.1 Å². The van der Waals surface area contributed by atoms with Crippen molar-refractivity contribution < 1.29 is 9.53 Å². The van der Waals surface area contributed by atoms with Gasteiger partial charge in [-0.05, 0) is 43.2 Å². The average Bonchev–Trinajstić information content (AvgIpc) is 3.22. The number of aryl methyl sites for hydroxylation is 1. The summed E-state index contributed by atoms with van der Waals surface area (Å²) in [5.41, 5.74) is 3.59. The molecule has 5 heteroatoms. The lowest BCUT2D eigenvalue weighted by Crippen LogP contribution is -2.27. The van der Waals surface area contributed by atoms with Crippen molar-refractivity contribution in [1.82, 2.24) is 14.9 Å². The zero-order chi connectivity index (χ0) is 19.1. The molecule has 1 aromatic heterocycles. The molecule has 136 valence electrons. The number of amides is 1. The summed E-state index contributed by atoms with van der Waals surface area (Å²) in [6, 6.07) is 13.5. The molecule has 0 fully saturated rings. The van der Waals surface area contributed by atoms with E-state index in [1.807, 2.05) is 60.2 Å². The third kappa shape index (κ3) is 4.77. The molecule has 0 atom stereocenters. The van der Waals surface area contributed by atoms with Gasteiger partial charge in [-0.25, -0.2) is 4.98 Å². The summed E-state index contributed by atoms with van der Waals surface area (Å²) < 4.78 is 7.19. The van der Waals surface area contributed by atoms with E-state index >= 15 is 0 Å². The maximum atomic E-state index is 12.7. The number of carbonyl (C=O) groups is 1. The molecule has 0 saturated heterocycles. The molecule has 1 heterocycles. The van der Waals surface area contributed by atoms with Crippen molar-refractivity contribution in [3.63, 3.8) is 0 Å². The average molecular weight is 359 g/mol. The van der Waals surface area contributed by atoms with Crippen LogP contribution in [0, 0.1) is 19.3 Å². The van der Waals surface area contributed by atoms with Gasteiger partial charge < -0.3 is 14.6 Å². The Bertz CT molecular complexity index is 939. The highest BCUT2D eigenvalue weighted by Crippen LogP contribution is 2.17. The maximum Gasteiger partial charge on any atom is 0.253 e. The van der Waals surface area contributed by atoms with Gasteiger partial charge in [0.25, 0.3) is 5.91 Å². The molecule has 1 N–H and O–H groups in total. The largest absolute Gasteiger partial charge is 0.481 e. The zero-order valence-electron chi connectivity index (χ0n) is 15.2. The summed E-state index contributed by atoms with van der Waals surface area (Å²) in [5.74, 6) is 3.08. The monoisotopic (exact) mass is 359 g/mol. The second-order valence-electron chi connectivity index (χ2n) is 6.13. The van der Waals surface area contributed by atoms with Gasteiger partial charge in [-0.3, -0.25) is 4.79 Å². The van der Waals surface area contributed by atoms with Crippen LogP contribution in [-0.2, 0) is 6.42 Å². The summed E-state index contributed by atoms with van der Waals surface area (Å²) in [6.45, 7) is 2.77. The molecular weight excluding hydrogens is 338 g/mol. The molecule has 0 aliphatic carbocycles. The lowest BCUT2D eigenvalue weighted by Gasteiger charge is -2.12. The second-order valence-corrected chi connectivity index (χ2v) is 6.13. The Kier molecular flexibility index (Phi) is 5.91. The fourth-order valence-corrected chi connectivity index (χ4v) is 2.75. The van der Waals surface area contributed by atoms with E-state index in [0.717, 1.165) is 29.0 Å². The molecule has 0 unspecified atom stereocenters. The molecule has 0 spiro atoms. The molecule has 0 aliphatic rings. The Balaban J connectivity index is 1.62. The van der Waals surface area contributed by atoms with Gasteiger partial charge in [0.1, 0.15) is 12.4 Å². The third-order valence-corrected chi connectivity index (χ3v) is 4.12. The molecule has 0 saturated carbocycles. The van der Waals surface area contributed by atoms with Crippen molar-refractivity contribution in [2.24, 2.45) is 0 Å². The number of hydrogen-bond donors (Lipinski definition) is 1. The van der Waals surface area contributed by atoms with Crippen molar-refractivity contribution in [3.05, 3.63) is 77.9 Å². The van der Waals surface area contributed by atoms with E-state index in [4.69, 9.17) is 11.2 Å². The second kappa shape index (κ2) is 8.72. The van der Waals surface area contributed by atoms with Crippen LogP contribution in [0.25, 0.3) is 5.69 Å². The Morgan fingerprint density at radius 1 is 1.26 bits per heavy atom. The topological polar surface area (TPSA) is 56.1 Å². The van der Waals surface area contributed by atoms with Gasteiger partial charge in [-0.2, -0.15) is 0 Å². The van der Waals surface area contributed by atoms with Gasteiger partial charge in [-0.15, -0.1) is 6.42 Å². The first-order valence-corrected chi connectivity index (χ1v) is 8.70. The number of aromatic nitrogens is 2. The fraction of sp³-hybridized carbons (Fsp3) is 0.182. The highest BCUT2D eigenvalue weighted by Gasteiger charge is 2.12. The number of ether oxygens (including phenoxy) is 1. The number of terminal acetylenes is 1. The van der Waals surface area contributed by atoms with Crippen LogP contribution in [0.3, 0.4) is 0 Å². The van der Waals surface area contributed by atoms with E-state index < -0.39 is 0 Å². The molecule has 0 aliphatic heterocycles. The van der Waals surface area contributed by atoms with E-state index in [0.29, 0.717) is 12.1 Å². The molecule has 27 heavy (non-hydrogen) atoms. The normalized spacial score (nSPS) is 10.2. The predicted octanol–water partition coefficient (Wildman–Crippen LogP) is 3.17. The molecule has 3 rings (SSSR count). The molecule has 1 amide bonds. The number of imidazole rings is 1.